The summed E-state index contributed by atoms with van der Waals surface area (Å²) < 4.78 is 31.8. The van der Waals surface area contributed by atoms with Crippen LogP contribution in [-0.2, 0) is 23.1 Å². The average Bonchev–Trinajstić information content (AvgIpc) is 3.54. The van der Waals surface area contributed by atoms with Gasteiger partial charge < -0.3 is 9.64 Å². The fourth-order valence-corrected chi connectivity index (χ4v) is 4.76. The fraction of sp³-hybridized carbons (Fsp3) is 0.429. The second kappa shape index (κ2) is 7.76. The van der Waals surface area contributed by atoms with Gasteiger partial charge in [-0.2, -0.15) is 4.31 Å². The molecule has 1 aliphatic heterocycles. The highest BCUT2D eigenvalue weighted by molar-refractivity contribution is 7.88. The van der Waals surface area contributed by atoms with Crippen LogP contribution in [0.5, 0.6) is 5.75 Å². The Morgan fingerprint density at radius 2 is 2.10 bits per heavy atom. The normalized spacial score (nSPS) is 19.4. The zero-order chi connectivity index (χ0) is 20.6. The van der Waals surface area contributed by atoms with E-state index in [0.717, 1.165) is 29.7 Å². The lowest BCUT2D eigenvalue weighted by Gasteiger charge is -2.26. The van der Waals surface area contributed by atoms with Gasteiger partial charge in [-0.05, 0) is 49.6 Å². The van der Waals surface area contributed by atoms with E-state index >= 15 is 0 Å². The number of nitrogens with zero attached hydrogens (tertiary/aromatic N) is 3. The molecule has 0 spiro atoms. The maximum atomic E-state index is 13.0. The Balaban J connectivity index is 1.59. The summed E-state index contributed by atoms with van der Waals surface area (Å²) in [6.45, 7) is 3.10. The van der Waals surface area contributed by atoms with Gasteiger partial charge in [0.2, 0.25) is 10.0 Å². The summed E-state index contributed by atoms with van der Waals surface area (Å²) in [6, 6.07) is 9.24. The second-order valence-electron chi connectivity index (χ2n) is 7.82. The van der Waals surface area contributed by atoms with Gasteiger partial charge in [0.05, 0.1) is 24.4 Å². The number of aromatic nitrogens is 1. The molecule has 1 saturated carbocycles. The van der Waals surface area contributed by atoms with E-state index in [-0.39, 0.29) is 18.0 Å². The summed E-state index contributed by atoms with van der Waals surface area (Å²) in [4.78, 5) is 18.8. The predicted octanol–water partition coefficient (Wildman–Crippen LogP) is 2.43. The van der Waals surface area contributed by atoms with Crippen LogP contribution in [0, 0.1) is 0 Å². The predicted molar refractivity (Wildman–Crippen MR) is 109 cm³/mol. The van der Waals surface area contributed by atoms with Crippen LogP contribution < -0.4 is 4.74 Å². The molecular formula is C21H25N3O4S. The van der Waals surface area contributed by atoms with Gasteiger partial charge in [0.15, 0.2) is 0 Å². The Bertz CT molecular complexity index is 1010. The van der Waals surface area contributed by atoms with Gasteiger partial charge in [-0.3, -0.25) is 9.78 Å². The van der Waals surface area contributed by atoms with E-state index in [2.05, 4.69) is 4.98 Å². The summed E-state index contributed by atoms with van der Waals surface area (Å²) in [5.74, 6) is 0.641. The molecule has 1 amide bonds. The third-order valence-corrected chi connectivity index (χ3v) is 6.64. The Morgan fingerprint density at radius 1 is 1.31 bits per heavy atom. The van der Waals surface area contributed by atoms with Gasteiger partial charge in [0.25, 0.3) is 5.91 Å². The molecule has 2 aliphatic rings. The monoisotopic (exact) mass is 415 g/mol. The molecule has 2 heterocycles. The first-order valence-electron chi connectivity index (χ1n) is 9.75. The molecule has 2 aromatic rings. The van der Waals surface area contributed by atoms with E-state index < -0.39 is 10.0 Å². The van der Waals surface area contributed by atoms with E-state index in [1.165, 1.54) is 6.26 Å². The van der Waals surface area contributed by atoms with Gasteiger partial charge in [0, 0.05) is 30.5 Å². The van der Waals surface area contributed by atoms with Gasteiger partial charge in [-0.1, -0.05) is 6.07 Å². The van der Waals surface area contributed by atoms with Crippen molar-refractivity contribution in [3.8, 4) is 5.75 Å². The molecule has 0 bridgehead atoms. The van der Waals surface area contributed by atoms with Crippen molar-refractivity contribution in [1.29, 1.82) is 0 Å². The number of benzene rings is 1. The van der Waals surface area contributed by atoms with Gasteiger partial charge >= 0.3 is 0 Å². The van der Waals surface area contributed by atoms with E-state index in [1.807, 2.05) is 25.1 Å². The third kappa shape index (κ3) is 4.43. The Labute approximate surface area is 171 Å². The summed E-state index contributed by atoms with van der Waals surface area (Å²) in [5, 5.41) is 0. The van der Waals surface area contributed by atoms with E-state index in [1.54, 1.807) is 33.7 Å². The minimum atomic E-state index is -3.27. The molecule has 1 aromatic carbocycles. The van der Waals surface area contributed by atoms with Crippen molar-refractivity contribution in [2.24, 2.45) is 0 Å². The van der Waals surface area contributed by atoms with E-state index in [9.17, 15) is 13.2 Å². The standard InChI is InChI=1S/C21H25N3O4S/c1-15-14-28-20-8-5-16(12-24(19-6-7-19)29(2,26)27)10-18(20)13-23(15)21(25)17-4-3-9-22-11-17/h3-5,8-11,15,19H,6-7,12-14H2,1-2H3/t15-/m0/s1. The molecule has 1 aromatic heterocycles. The van der Waals surface area contributed by atoms with Crippen molar-refractivity contribution >= 4 is 15.9 Å². The van der Waals surface area contributed by atoms with Gasteiger partial charge in [-0.25, -0.2) is 8.42 Å². The molecule has 7 nitrogen and oxygen atoms in total. The number of carbonyl (C=O) groups excluding carboxylic acids is 1. The van der Waals surface area contributed by atoms with Crippen molar-refractivity contribution in [3.63, 3.8) is 0 Å². The van der Waals surface area contributed by atoms with Crippen molar-refractivity contribution in [3.05, 3.63) is 59.4 Å². The number of hydrogen-bond acceptors (Lipinski definition) is 5. The minimum Gasteiger partial charge on any atom is -0.491 e. The molecule has 8 heteroatoms. The molecule has 0 N–H and O–H groups in total. The van der Waals surface area contributed by atoms with Gasteiger partial charge in [0.1, 0.15) is 12.4 Å². The van der Waals surface area contributed by atoms with Crippen LogP contribution in [0.2, 0.25) is 0 Å². The number of sulfonamides is 1. The number of fused-ring (bicyclic) bond motifs is 1. The zero-order valence-corrected chi connectivity index (χ0v) is 17.4. The highest BCUT2D eigenvalue weighted by Gasteiger charge is 2.35. The number of carbonyl (C=O) groups is 1. The van der Waals surface area contributed by atoms with E-state index in [0.29, 0.717) is 25.3 Å². The van der Waals surface area contributed by atoms with Crippen LogP contribution in [0.4, 0.5) is 0 Å². The molecule has 0 saturated heterocycles. The van der Waals surface area contributed by atoms with Crippen LogP contribution in [-0.4, -0.2) is 53.5 Å². The van der Waals surface area contributed by atoms with E-state index in [4.69, 9.17) is 4.74 Å². The van der Waals surface area contributed by atoms with Crippen LogP contribution in [0.3, 0.4) is 0 Å². The number of rotatable bonds is 5. The number of ether oxygens (including phenoxy) is 1. The maximum absolute atomic E-state index is 13.0. The first kappa shape index (κ1) is 19.8. The van der Waals surface area contributed by atoms with Gasteiger partial charge in [-0.15, -0.1) is 0 Å². The highest BCUT2D eigenvalue weighted by Crippen LogP contribution is 2.32. The maximum Gasteiger partial charge on any atom is 0.256 e. The first-order chi connectivity index (χ1) is 13.8. The lowest BCUT2D eigenvalue weighted by molar-refractivity contribution is 0.0645. The molecule has 1 fully saturated rings. The highest BCUT2D eigenvalue weighted by atomic mass is 32.2. The quantitative estimate of drug-likeness (QED) is 0.749. The molecule has 29 heavy (non-hydrogen) atoms. The molecule has 1 atom stereocenters. The molecule has 0 unspecified atom stereocenters. The molecule has 1 aliphatic carbocycles. The first-order valence-corrected chi connectivity index (χ1v) is 11.6. The molecule has 4 rings (SSSR count). The Hall–Kier alpha value is -2.45. The zero-order valence-electron chi connectivity index (χ0n) is 16.6. The van der Waals surface area contributed by atoms with Crippen LogP contribution in [0.1, 0.15) is 41.3 Å². The third-order valence-electron chi connectivity index (χ3n) is 5.37. The Morgan fingerprint density at radius 3 is 2.76 bits per heavy atom. The summed E-state index contributed by atoms with van der Waals surface area (Å²) in [7, 11) is -3.27. The molecular weight excluding hydrogens is 390 g/mol. The SMILES string of the molecule is C[C@H]1COc2ccc(CN(C3CC3)S(C)(=O)=O)cc2CN1C(=O)c1cccnc1. The van der Waals surface area contributed by atoms with Crippen molar-refractivity contribution < 1.29 is 17.9 Å². The molecule has 0 radical (unpaired) electrons. The summed E-state index contributed by atoms with van der Waals surface area (Å²) >= 11 is 0. The lowest BCUT2D eigenvalue weighted by atomic mass is 10.1. The van der Waals surface area contributed by atoms with Crippen molar-refractivity contribution in [1.82, 2.24) is 14.2 Å². The van der Waals surface area contributed by atoms with Crippen LogP contribution in [0.15, 0.2) is 42.7 Å². The Kier molecular flexibility index (Phi) is 5.31. The largest absolute Gasteiger partial charge is 0.491 e. The summed E-state index contributed by atoms with van der Waals surface area (Å²) in [5.41, 5.74) is 2.32. The lowest BCUT2D eigenvalue weighted by Crippen LogP contribution is -2.39. The molecule has 154 valence electrons. The van der Waals surface area contributed by atoms with Crippen molar-refractivity contribution in [2.75, 3.05) is 12.9 Å². The van der Waals surface area contributed by atoms with Crippen molar-refractivity contribution in [2.45, 2.75) is 44.9 Å². The smallest absolute Gasteiger partial charge is 0.256 e. The topological polar surface area (TPSA) is 79.8 Å². The summed E-state index contributed by atoms with van der Waals surface area (Å²) in [6.07, 6.45) is 6.28. The van der Waals surface area contributed by atoms with Crippen LogP contribution in [0.25, 0.3) is 0 Å². The minimum absolute atomic E-state index is 0.0943. The number of amides is 1. The van der Waals surface area contributed by atoms with Crippen LogP contribution >= 0.6 is 0 Å². The average molecular weight is 416 g/mol. The number of pyridine rings is 1. The number of hydrogen-bond donors (Lipinski definition) is 0. The second-order valence-corrected chi connectivity index (χ2v) is 9.75. The fourth-order valence-electron chi connectivity index (χ4n) is 3.62.